The van der Waals surface area contributed by atoms with E-state index < -0.39 is 22.2 Å². The van der Waals surface area contributed by atoms with E-state index in [9.17, 15) is 19.7 Å². The first-order chi connectivity index (χ1) is 12.1. The minimum atomic E-state index is -1.06. The van der Waals surface area contributed by atoms with Crippen molar-refractivity contribution >= 4 is 17.6 Å². The van der Waals surface area contributed by atoms with E-state index in [2.05, 4.69) is 15.6 Å². The van der Waals surface area contributed by atoms with Crippen LogP contribution in [0.3, 0.4) is 0 Å². The first-order valence-electron chi connectivity index (χ1n) is 7.76. The van der Waals surface area contributed by atoms with Crippen LogP contribution < -0.4 is 5.32 Å². The molecule has 0 spiro atoms. The number of nitrogens with one attached hydrogen (secondary N) is 1. The molecule has 10 heteroatoms. The Morgan fingerprint density at radius 1 is 1.35 bits per heavy atom. The second-order valence-electron chi connectivity index (χ2n) is 6.72. The van der Waals surface area contributed by atoms with Gasteiger partial charge in [-0.1, -0.05) is 32.1 Å². The molecule has 0 fully saturated rings. The van der Waals surface area contributed by atoms with Crippen LogP contribution >= 0.6 is 0 Å². The molecule has 1 aromatic carbocycles. The molecule has 2 N–H and O–H groups in total. The number of carboxylic acid groups (broad SMARTS) is 1. The summed E-state index contributed by atoms with van der Waals surface area (Å²) in [5.41, 5.74) is 0.524. The van der Waals surface area contributed by atoms with Crippen LogP contribution in [0.2, 0.25) is 0 Å². The Bertz CT molecular complexity index is 853. The first kappa shape index (κ1) is 19.0. The maximum atomic E-state index is 12.3. The van der Waals surface area contributed by atoms with Crippen molar-refractivity contribution < 1.29 is 19.6 Å². The minimum absolute atomic E-state index is 0.0211. The quantitative estimate of drug-likeness (QED) is 0.586. The van der Waals surface area contributed by atoms with Gasteiger partial charge >= 0.3 is 5.97 Å². The average molecular weight is 361 g/mol. The van der Waals surface area contributed by atoms with Crippen molar-refractivity contribution in [2.75, 3.05) is 0 Å². The second kappa shape index (κ2) is 7.30. The van der Waals surface area contributed by atoms with Crippen molar-refractivity contribution in [1.29, 1.82) is 0 Å². The lowest BCUT2D eigenvalue weighted by Gasteiger charge is -2.19. The highest BCUT2D eigenvalue weighted by atomic mass is 16.6. The standard InChI is InChI=1S/C16H19N5O5/c1-16(2,3)12-5-4-10(6-13(12)21(25)26)15(24)17-7-11-8-20(19-18-11)9-14(22)23/h4-6,8H,7,9H2,1-3H3,(H,17,24)(H,22,23). The van der Waals surface area contributed by atoms with Gasteiger partial charge in [0.05, 0.1) is 17.7 Å². The maximum Gasteiger partial charge on any atom is 0.325 e. The van der Waals surface area contributed by atoms with Gasteiger partial charge in [0.1, 0.15) is 12.2 Å². The maximum absolute atomic E-state index is 12.3. The molecule has 0 aliphatic rings. The van der Waals surface area contributed by atoms with Gasteiger partial charge in [-0.15, -0.1) is 5.10 Å². The number of carbonyl (C=O) groups excluding carboxylic acids is 1. The molecule has 138 valence electrons. The molecule has 26 heavy (non-hydrogen) atoms. The van der Waals surface area contributed by atoms with E-state index in [4.69, 9.17) is 5.11 Å². The van der Waals surface area contributed by atoms with Gasteiger partial charge in [-0.2, -0.15) is 0 Å². The van der Waals surface area contributed by atoms with Crippen LogP contribution in [0.1, 0.15) is 42.4 Å². The molecule has 0 aliphatic heterocycles. The highest BCUT2D eigenvalue weighted by Crippen LogP contribution is 2.31. The summed E-state index contributed by atoms with van der Waals surface area (Å²) in [4.78, 5) is 33.7. The molecule has 1 heterocycles. The smallest absolute Gasteiger partial charge is 0.325 e. The molecule has 0 atom stereocenters. The molecule has 0 unspecified atom stereocenters. The fraction of sp³-hybridized carbons (Fsp3) is 0.375. The topological polar surface area (TPSA) is 140 Å². The molecule has 10 nitrogen and oxygen atoms in total. The normalized spacial score (nSPS) is 11.2. The molecule has 0 radical (unpaired) electrons. The molecule has 2 rings (SSSR count). The summed E-state index contributed by atoms with van der Waals surface area (Å²) >= 11 is 0. The van der Waals surface area contributed by atoms with Crippen LogP contribution in [0, 0.1) is 10.1 Å². The number of benzene rings is 1. The molecular weight excluding hydrogens is 342 g/mol. The number of hydrogen-bond acceptors (Lipinski definition) is 6. The van der Waals surface area contributed by atoms with Crippen LogP contribution in [0.5, 0.6) is 0 Å². The third-order valence-electron chi connectivity index (χ3n) is 3.58. The van der Waals surface area contributed by atoms with E-state index in [0.29, 0.717) is 11.3 Å². The van der Waals surface area contributed by atoms with Crippen molar-refractivity contribution in [1.82, 2.24) is 20.3 Å². The molecule has 0 saturated heterocycles. The first-order valence-corrected chi connectivity index (χ1v) is 7.76. The number of nitro groups is 1. The second-order valence-corrected chi connectivity index (χ2v) is 6.72. The Balaban J connectivity index is 2.12. The summed E-state index contributed by atoms with van der Waals surface area (Å²) in [7, 11) is 0. The predicted molar refractivity (Wildman–Crippen MR) is 90.6 cm³/mol. The third-order valence-corrected chi connectivity index (χ3v) is 3.58. The van der Waals surface area contributed by atoms with Crippen molar-refractivity contribution in [2.24, 2.45) is 0 Å². The summed E-state index contributed by atoms with van der Waals surface area (Å²) < 4.78 is 1.13. The number of amides is 1. The summed E-state index contributed by atoms with van der Waals surface area (Å²) in [6.07, 6.45) is 1.40. The number of nitrogens with zero attached hydrogens (tertiary/aromatic N) is 4. The average Bonchev–Trinajstić information content (AvgIpc) is 2.97. The van der Waals surface area contributed by atoms with Gasteiger partial charge in [0.25, 0.3) is 11.6 Å². The Kier molecular flexibility index (Phi) is 5.34. The number of rotatable bonds is 6. The van der Waals surface area contributed by atoms with Crippen LogP contribution in [0.15, 0.2) is 24.4 Å². The van der Waals surface area contributed by atoms with E-state index in [1.807, 2.05) is 20.8 Å². The predicted octanol–water partition coefficient (Wildman–Crippen LogP) is 1.50. The summed E-state index contributed by atoms with van der Waals surface area (Å²) in [6.45, 7) is 5.26. The highest BCUT2D eigenvalue weighted by Gasteiger charge is 2.26. The third kappa shape index (κ3) is 4.62. The fourth-order valence-electron chi connectivity index (χ4n) is 2.37. The van der Waals surface area contributed by atoms with Gasteiger partial charge in [-0.05, 0) is 11.5 Å². The van der Waals surface area contributed by atoms with Crippen molar-refractivity contribution in [2.45, 2.75) is 39.3 Å². The summed E-state index contributed by atoms with van der Waals surface area (Å²) in [5, 5.41) is 30.0. The molecular formula is C16H19N5O5. The van der Waals surface area contributed by atoms with Gasteiger partial charge in [-0.25, -0.2) is 4.68 Å². The molecule has 1 aromatic heterocycles. The summed E-state index contributed by atoms with van der Waals surface area (Å²) in [6, 6.07) is 4.36. The lowest BCUT2D eigenvalue weighted by Crippen LogP contribution is -2.23. The van der Waals surface area contributed by atoms with Gasteiger partial charge in [0, 0.05) is 17.2 Å². The zero-order valence-corrected chi connectivity index (χ0v) is 14.6. The molecule has 0 aliphatic carbocycles. The zero-order chi connectivity index (χ0) is 19.5. The monoisotopic (exact) mass is 361 g/mol. The van der Waals surface area contributed by atoms with E-state index in [1.165, 1.54) is 18.3 Å². The lowest BCUT2D eigenvalue weighted by molar-refractivity contribution is -0.386. The van der Waals surface area contributed by atoms with Crippen LogP contribution in [-0.4, -0.2) is 36.9 Å². The highest BCUT2D eigenvalue weighted by molar-refractivity contribution is 5.95. The SMILES string of the molecule is CC(C)(C)c1ccc(C(=O)NCc2cn(CC(=O)O)nn2)cc1[N+](=O)[O-]. The van der Waals surface area contributed by atoms with Crippen molar-refractivity contribution in [3.8, 4) is 0 Å². The Morgan fingerprint density at radius 2 is 2.04 bits per heavy atom. The molecule has 0 saturated carbocycles. The van der Waals surface area contributed by atoms with Gasteiger partial charge < -0.3 is 10.4 Å². The van der Waals surface area contributed by atoms with Crippen molar-refractivity contribution in [3.63, 3.8) is 0 Å². The number of carboxylic acids is 1. The molecule has 1 amide bonds. The Morgan fingerprint density at radius 3 is 2.62 bits per heavy atom. The number of carbonyl (C=O) groups is 2. The Hall–Kier alpha value is -3.30. The number of nitro benzene ring substituents is 1. The molecule has 0 bridgehead atoms. The van der Waals surface area contributed by atoms with Gasteiger partial charge in [-0.3, -0.25) is 19.7 Å². The number of aromatic nitrogens is 3. The van der Waals surface area contributed by atoms with E-state index in [0.717, 1.165) is 4.68 Å². The number of hydrogen-bond donors (Lipinski definition) is 2. The van der Waals surface area contributed by atoms with Gasteiger partial charge in [0.2, 0.25) is 0 Å². The van der Waals surface area contributed by atoms with Crippen LogP contribution in [-0.2, 0) is 23.3 Å². The van der Waals surface area contributed by atoms with Crippen LogP contribution in [0.25, 0.3) is 0 Å². The van der Waals surface area contributed by atoms with Gasteiger partial charge in [0.15, 0.2) is 0 Å². The van der Waals surface area contributed by atoms with E-state index in [-0.39, 0.29) is 24.3 Å². The fourth-order valence-corrected chi connectivity index (χ4v) is 2.37. The van der Waals surface area contributed by atoms with E-state index in [1.54, 1.807) is 6.07 Å². The molecule has 2 aromatic rings. The summed E-state index contributed by atoms with van der Waals surface area (Å²) in [5.74, 6) is -1.56. The van der Waals surface area contributed by atoms with E-state index >= 15 is 0 Å². The lowest BCUT2D eigenvalue weighted by atomic mass is 9.85. The minimum Gasteiger partial charge on any atom is -0.480 e. The largest absolute Gasteiger partial charge is 0.480 e. The van der Waals surface area contributed by atoms with Crippen molar-refractivity contribution in [3.05, 3.63) is 51.3 Å². The Labute approximate surface area is 149 Å². The van der Waals surface area contributed by atoms with Crippen LogP contribution in [0.4, 0.5) is 5.69 Å². The number of aliphatic carboxylic acids is 1. The zero-order valence-electron chi connectivity index (χ0n) is 14.6.